The third kappa shape index (κ3) is 3.48. The van der Waals surface area contributed by atoms with Crippen molar-refractivity contribution in [2.45, 2.75) is 19.4 Å². The normalized spacial score (nSPS) is 10.4. The van der Waals surface area contributed by atoms with Gasteiger partial charge in [-0.3, -0.25) is 4.79 Å². The van der Waals surface area contributed by atoms with E-state index in [1.165, 1.54) is 5.56 Å². The first kappa shape index (κ1) is 11.5. The topological polar surface area (TPSA) is 48.0 Å². The van der Waals surface area contributed by atoms with E-state index in [1.807, 2.05) is 35.2 Å². The fourth-order valence-electron chi connectivity index (χ4n) is 1.81. The molecule has 3 nitrogen and oxygen atoms in total. The van der Waals surface area contributed by atoms with Gasteiger partial charge < -0.3 is 10.3 Å². The van der Waals surface area contributed by atoms with Crippen LogP contribution < -0.4 is 11.2 Å². The number of aryl methyl sites for hydroxylation is 2. The fourth-order valence-corrected chi connectivity index (χ4v) is 1.81. The van der Waals surface area contributed by atoms with E-state index in [9.17, 15) is 4.79 Å². The number of hydrogen-bond donors (Lipinski definition) is 1. The van der Waals surface area contributed by atoms with Crippen molar-refractivity contribution < 1.29 is 0 Å². The molecule has 0 saturated heterocycles. The summed E-state index contributed by atoms with van der Waals surface area (Å²) in [4.78, 5) is 10.9. The molecule has 0 fully saturated rings. The maximum absolute atomic E-state index is 10.9. The Balaban J connectivity index is 1.87. The van der Waals surface area contributed by atoms with E-state index in [0.717, 1.165) is 25.1 Å². The van der Waals surface area contributed by atoms with Crippen LogP contribution in [0.4, 0.5) is 5.69 Å². The molecular weight excluding hydrogens is 212 g/mol. The molecule has 17 heavy (non-hydrogen) atoms. The van der Waals surface area contributed by atoms with Crippen molar-refractivity contribution in [1.29, 1.82) is 0 Å². The maximum atomic E-state index is 10.9. The van der Waals surface area contributed by atoms with Gasteiger partial charge in [-0.2, -0.15) is 0 Å². The number of nitrogens with zero attached hydrogens (tertiary/aromatic N) is 1. The summed E-state index contributed by atoms with van der Waals surface area (Å²) >= 11 is 0. The maximum Gasteiger partial charge on any atom is 0.181 e. The van der Waals surface area contributed by atoms with Gasteiger partial charge >= 0.3 is 0 Å². The summed E-state index contributed by atoms with van der Waals surface area (Å²) in [7, 11) is 0. The van der Waals surface area contributed by atoms with Gasteiger partial charge in [0.25, 0.3) is 0 Å². The molecule has 1 heterocycles. The third-order valence-corrected chi connectivity index (χ3v) is 2.69. The second-order valence-corrected chi connectivity index (χ2v) is 4.12. The number of anilines is 1. The van der Waals surface area contributed by atoms with Gasteiger partial charge in [-0.25, -0.2) is 0 Å². The van der Waals surface area contributed by atoms with Gasteiger partial charge in [-0.05, 0) is 30.5 Å². The molecule has 88 valence electrons. The summed E-state index contributed by atoms with van der Waals surface area (Å²) in [6.07, 6.45) is 5.67. The SMILES string of the molecule is Nc1cccc(CCCn2ccc(=O)cc2)c1. The lowest BCUT2D eigenvalue weighted by Crippen LogP contribution is -2.04. The molecule has 0 aliphatic rings. The van der Waals surface area contributed by atoms with E-state index < -0.39 is 0 Å². The molecule has 0 amide bonds. The lowest BCUT2D eigenvalue weighted by Gasteiger charge is -2.06. The minimum Gasteiger partial charge on any atom is -0.399 e. The number of nitrogen functional groups attached to an aromatic ring is 1. The van der Waals surface area contributed by atoms with E-state index in [-0.39, 0.29) is 5.43 Å². The Kier molecular flexibility index (Phi) is 3.60. The highest BCUT2D eigenvalue weighted by molar-refractivity contribution is 5.40. The Morgan fingerprint density at radius 2 is 1.88 bits per heavy atom. The lowest BCUT2D eigenvalue weighted by molar-refractivity contribution is 0.638. The van der Waals surface area contributed by atoms with Crippen LogP contribution in [-0.2, 0) is 13.0 Å². The highest BCUT2D eigenvalue weighted by Gasteiger charge is 1.95. The molecule has 2 N–H and O–H groups in total. The Labute approximate surface area is 101 Å². The Hall–Kier alpha value is -2.03. The van der Waals surface area contributed by atoms with Gasteiger partial charge in [-0.1, -0.05) is 12.1 Å². The molecule has 0 radical (unpaired) electrons. The molecule has 0 spiro atoms. The standard InChI is InChI=1S/C14H16N2O/c15-13-5-1-3-12(11-13)4-2-8-16-9-6-14(17)7-10-16/h1,3,5-7,9-11H,2,4,8,15H2. The van der Waals surface area contributed by atoms with Crippen molar-refractivity contribution in [1.82, 2.24) is 4.57 Å². The number of pyridine rings is 1. The molecular formula is C14H16N2O. The molecule has 1 aromatic heterocycles. The van der Waals surface area contributed by atoms with E-state index in [2.05, 4.69) is 6.07 Å². The summed E-state index contributed by atoms with van der Waals surface area (Å²) in [6.45, 7) is 0.912. The first-order valence-electron chi connectivity index (χ1n) is 5.74. The molecule has 1 aromatic carbocycles. The second kappa shape index (κ2) is 5.34. The summed E-state index contributed by atoms with van der Waals surface area (Å²) in [5.74, 6) is 0. The number of benzene rings is 1. The van der Waals surface area contributed by atoms with Crippen molar-refractivity contribution >= 4 is 5.69 Å². The van der Waals surface area contributed by atoms with E-state index in [0.29, 0.717) is 0 Å². The minimum atomic E-state index is 0.0529. The van der Waals surface area contributed by atoms with Gasteiger partial charge in [-0.15, -0.1) is 0 Å². The molecule has 0 atom stereocenters. The van der Waals surface area contributed by atoms with Crippen molar-refractivity contribution in [2.75, 3.05) is 5.73 Å². The number of rotatable bonds is 4. The quantitative estimate of drug-likeness (QED) is 0.814. The summed E-state index contributed by atoms with van der Waals surface area (Å²) in [5, 5.41) is 0. The summed E-state index contributed by atoms with van der Waals surface area (Å²) < 4.78 is 2.02. The minimum absolute atomic E-state index is 0.0529. The zero-order chi connectivity index (χ0) is 12.1. The second-order valence-electron chi connectivity index (χ2n) is 4.12. The highest BCUT2D eigenvalue weighted by atomic mass is 16.1. The van der Waals surface area contributed by atoms with Gasteiger partial charge in [0.15, 0.2) is 5.43 Å². The molecule has 0 unspecified atom stereocenters. The van der Waals surface area contributed by atoms with Gasteiger partial charge in [0.1, 0.15) is 0 Å². The van der Waals surface area contributed by atoms with Crippen molar-refractivity contribution in [3.8, 4) is 0 Å². The van der Waals surface area contributed by atoms with Crippen LogP contribution in [0, 0.1) is 0 Å². The average Bonchev–Trinajstić information content (AvgIpc) is 2.32. The lowest BCUT2D eigenvalue weighted by atomic mass is 10.1. The van der Waals surface area contributed by atoms with Gasteiger partial charge in [0, 0.05) is 36.8 Å². The van der Waals surface area contributed by atoms with Crippen LogP contribution in [0.15, 0.2) is 53.6 Å². The Morgan fingerprint density at radius 1 is 1.12 bits per heavy atom. The van der Waals surface area contributed by atoms with Gasteiger partial charge in [0.2, 0.25) is 0 Å². The van der Waals surface area contributed by atoms with Crippen LogP contribution in [0.3, 0.4) is 0 Å². The first-order chi connectivity index (χ1) is 8.24. The van der Waals surface area contributed by atoms with E-state index in [1.54, 1.807) is 12.1 Å². The first-order valence-corrected chi connectivity index (χ1v) is 5.74. The molecule has 2 aromatic rings. The Morgan fingerprint density at radius 3 is 2.59 bits per heavy atom. The summed E-state index contributed by atoms with van der Waals surface area (Å²) in [6, 6.07) is 11.1. The van der Waals surface area contributed by atoms with E-state index in [4.69, 9.17) is 5.73 Å². The van der Waals surface area contributed by atoms with Crippen LogP contribution >= 0.6 is 0 Å². The van der Waals surface area contributed by atoms with Crippen LogP contribution in [0.25, 0.3) is 0 Å². The van der Waals surface area contributed by atoms with Crippen LogP contribution in [0.1, 0.15) is 12.0 Å². The largest absolute Gasteiger partial charge is 0.399 e. The van der Waals surface area contributed by atoms with E-state index >= 15 is 0 Å². The summed E-state index contributed by atoms with van der Waals surface area (Å²) in [5.41, 5.74) is 7.84. The molecule has 0 aliphatic carbocycles. The fraction of sp³-hybridized carbons (Fsp3) is 0.214. The number of hydrogen-bond acceptors (Lipinski definition) is 2. The zero-order valence-corrected chi connectivity index (χ0v) is 9.67. The number of aromatic nitrogens is 1. The van der Waals surface area contributed by atoms with Crippen molar-refractivity contribution in [3.05, 3.63) is 64.6 Å². The molecule has 2 rings (SSSR count). The Bertz CT molecular complexity index is 525. The number of nitrogens with two attached hydrogens (primary N) is 1. The third-order valence-electron chi connectivity index (χ3n) is 2.69. The van der Waals surface area contributed by atoms with Crippen LogP contribution in [0.2, 0.25) is 0 Å². The predicted molar refractivity (Wildman–Crippen MR) is 69.9 cm³/mol. The molecule has 0 bridgehead atoms. The van der Waals surface area contributed by atoms with Crippen molar-refractivity contribution in [2.24, 2.45) is 0 Å². The molecule has 0 saturated carbocycles. The zero-order valence-electron chi connectivity index (χ0n) is 9.67. The highest BCUT2D eigenvalue weighted by Crippen LogP contribution is 2.09. The predicted octanol–water partition coefficient (Wildman–Crippen LogP) is 2.06. The van der Waals surface area contributed by atoms with Crippen molar-refractivity contribution in [3.63, 3.8) is 0 Å². The monoisotopic (exact) mass is 228 g/mol. The smallest absolute Gasteiger partial charge is 0.181 e. The van der Waals surface area contributed by atoms with Gasteiger partial charge in [0.05, 0.1) is 0 Å². The average molecular weight is 228 g/mol. The molecule has 0 aliphatic heterocycles. The van der Waals surface area contributed by atoms with Crippen LogP contribution in [0.5, 0.6) is 0 Å². The molecule has 3 heteroatoms. The van der Waals surface area contributed by atoms with Crippen LogP contribution in [-0.4, -0.2) is 4.57 Å².